The number of aliphatic hydroxyl groups is 5. The van der Waals surface area contributed by atoms with Crippen molar-refractivity contribution in [2.45, 2.75) is 29.9 Å². The SMILES string of the molecule is OC[C@@H](O)[C@@H](O)[C@@H](O)[C@H]1N[C@H](O)CS1. The van der Waals surface area contributed by atoms with Gasteiger partial charge in [0.25, 0.3) is 0 Å². The smallest absolute Gasteiger partial charge is 0.115 e. The van der Waals surface area contributed by atoms with E-state index in [1.165, 1.54) is 11.8 Å². The summed E-state index contributed by atoms with van der Waals surface area (Å²) in [5.41, 5.74) is 0. The normalized spacial score (nSPS) is 34.1. The highest BCUT2D eigenvalue weighted by atomic mass is 32.2. The van der Waals surface area contributed by atoms with Crippen molar-refractivity contribution in [3.05, 3.63) is 0 Å². The molecule has 1 aliphatic rings. The fourth-order valence-corrected chi connectivity index (χ4v) is 2.29. The molecule has 0 bridgehead atoms. The first kappa shape index (κ1) is 12.2. The molecule has 6 N–H and O–H groups in total. The van der Waals surface area contributed by atoms with E-state index in [2.05, 4.69) is 5.32 Å². The zero-order valence-corrected chi connectivity index (χ0v) is 8.26. The summed E-state index contributed by atoms with van der Waals surface area (Å²) < 4.78 is 0. The summed E-state index contributed by atoms with van der Waals surface area (Å²) >= 11 is 1.25. The molecule has 6 nitrogen and oxygen atoms in total. The number of rotatable bonds is 4. The number of hydrogen-bond acceptors (Lipinski definition) is 7. The zero-order valence-electron chi connectivity index (χ0n) is 7.45. The molecular weight excluding hydrogens is 210 g/mol. The van der Waals surface area contributed by atoms with Gasteiger partial charge in [-0.3, -0.25) is 5.32 Å². The standard InChI is InChI=1S/C7H15NO5S/c9-1-3(10)5(12)6(13)7-8-4(11)2-14-7/h3-13H,1-2H2/t3-,4-,5-,6-,7+/m1/s1. The minimum absolute atomic E-state index is 0.420. The molecule has 0 spiro atoms. The van der Waals surface area contributed by atoms with Gasteiger partial charge in [-0.2, -0.15) is 0 Å². The van der Waals surface area contributed by atoms with Crippen LogP contribution in [0.2, 0.25) is 0 Å². The Morgan fingerprint density at radius 1 is 1.36 bits per heavy atom. The Hall–Kier alpha value is 0.110. The maximum absolute atomic E-state index is 9.52. The topological polar surface area (TPSA) is 113 Å². The second kappa shape index (κ2) is 5.26. The van der Waals surface area contributed by atoms with Gasteiger partial charge in [0.15, 0.2) is 0 Å². The van der Waals surface area contributed by atoms with Crippen LogP contribution in [0.3, 0.4) is 0 Å². The maximum atomic E-state index is 9.52. The summed E-state index contributed by atoms with van der Waals surface area (Å²) in [5, 5.41) is 47.7. The molecule has 7 heteroatoms. The molecule has 0 aromatic carbocycles. The minimum atomic E-state index is -1.42. The monoisotopic (exact) mass is 225 g/mol. The van der Waals surface area contributed by atoms with Crippen LogP contribution in [-0.4, -0.2) is 67.8 Å². The molecule has 14 heavy (non-hydrogen) atoms. The van der Waals surface area contributed by atoms with E-state index in [1.807, 2.05) is 0 Å². The van der Waals surface area contributed by atoms with E-state index in [1.54, 1.807) is 0 Å². The molecule has 0 aromatic rings. The Labute approximate surface area is 85.6 Å². The summed E-state index contributed by atoms with van der Waals surface area (Å²) in [4.78, 5) is 0. The van der Waals surface area contributed by atoms with Crippen molar-refractivity contribution in [2.75, 3.05) is 12.4 Å². The average Bonchev–Trinajstić information content (AvgIpc) is 2.61. The molecule has 84 valence electrons. The minimum Gasteiger partial charge on any atom is -0.394 e. The summed E-state index contributed by atoms with van der Waals surface area (Å²) in [7, 11) is 0. The molecular formula is C7H15NO5S. The van der Waals surface area contributed by atoms with Crippen molar-refractivity contribution < 1.29 is 25.5 Å². The molecule has 0 amide bonds. The summed E-state index contributed by atoms with van der Waals surface area (Å²) in [5.74, 6) is 0.420. The van der Waals surface area contributed by atoms with E-state index < -0.39 is 36.5 Å². The van der Waals surface area contributed by atoms with E-state index in [0.717, 1.165) is 0 Å². The molecule has 1 fully saturated rings. The Kier molecular flexibility index (Phi) is 4.58. The molecule has 0 aliphatic carbocycles. The predicted molar refractivity (Wildman–Crippen MR) is 50.5 cm³/mol. The highest BCUT2D eigenvalue weighted by molar-refractivity contribution is 8.00. The average molecular weight is 225 g/mol. The van der Waals surface area contributed by atoms with Gasteiger partial charge in [-0.15, -0.1) is 11.8 Å². The fourth-order valence-electron chi connectivity index (χ4n) is 1.19. The van der Waals surface area contributed by atoms with Gasteiger partial charge in [-0.25, -0.2) is 0 Å². The zero-order chi connectivity index (χ0) is 10.7. The molecule has 1 heterocycles. The van der Waals surface area contributed by atoms with Gasteiger partial charge >= 0.3 is 0 Å². The Morgan fingerprint density at radius 3 is 2.43 bits per heavy atom. The van der Waals surface area contributed by atoms with Gasteiger partial charge in [0.05, 0.1) is 12.0 Å². The molecule has 1 saturated heterocycles. The lowest BCUT2D eigenvalue weighted by molar-refractivity contribution is -0.0800. The van der Waals surface area contributed by atoms with Crippen LogP contribution >= 0.6 is 11.8 Å². The lowest BCUT2D eigenvalue weighted by Crippen LogP contribution is -2.49. The predicted octanol–water partition coefficient (Wildman–Crippen LogP) is -2.96. The van der Waals surface area contributed by atoms with Crippen LogP contribution in [0.4, 0.5) is 0 Å². The highest BCUT2D eigenvalue weighted by Gasteiger charge is 2.35. The van der Waals surface area contributed by atoms with Crippen LogP contribution < -0.4 is 5.32 Å². The molecule has 0 saturated carbocycles. The van der Waals surface area contributed by atoms with Crippen LogP contribution in [0, 0.1) is 0 Å². The highest BCUT2D eigenvalue weighted by Crippen LogP contribution is 2.22. The lowest BCUT2D eigenvalue weighted by atomic mass is 10.1. The largest absolute Gasteiger partial charge is 0.394 e. The van der Waals surface area contributed by atoms with Gasteiger partial charge in [-0.1, -0.05) is 0 Å². The second-order valence-electron chi connectivity index (χ2n) is 3.17. The van der Waals surface area contributed by atoms with Crippen LogP contribution in [0.25, 0.3) is 0 Å². The third-order valence-electron chi connectivity index (χ3n) is 2.03. The lowest BCUT2D eigenvalue weighted by Gasteiger charge is -2.25. The van der Waals surface area contributed by atoms with Gasteiger partial charge in [0, 0.05) is 5.75 Å². The van der Waals surface area contributed by atoms with E-state index >= 15 is 0 Å². The van der Waals surface area contributed by atoms with Crippen molar-refractivity contribution in [3.8, 4) is 0 Å². The molecule has 0 aromatic heterocycles. The Morgan fingerprint density at radius 2 is 2.00 bits per heavy atom. The van der Waals surface area contributed by atoms with E-state index in [9.17, 15) is 10.2 Å². The molecule has 5 atom stereocenters. The van der Waals surface area contributed by atoms with Crippen molar-refractivity contribution in [3.63, 3.8) is 0 Å². The third-order valence-corrected chi connectivity index (χ3v) is 3.31. The van der Waals surface area contributed by atoms with E-state index in [0.29, 0.717) is 5.75 Å². The third kappa shape index (κ3) is 2.80. The van der Waals surface area contributed by atoms with Crippen molar-refractivity contribution in [2.24, 2.45) is 0 Å². The first-order valence-electron chi connectivity index (χ1n) is 4.27. The Balaban J connectivity index is 2.43. The number of nitrogens with one attached hydrogen (secondary N) is 1. The summed E-state index contributed by atoms with van der Waals surface area (Å²) in [6.45, 7) is -0.613. The van der Waals surface area contributed by atoms with Crippen molar-refractivity contribution >= 4 is 11.8 Å². The van der Waals surface area contributed by atoms with Crippen LogP contribution in [0.1, 0.15) is 0 Å². The summed E-state index contributed by atoms with van der Waals surface area (Å²) in [6.07, 6.45) is -4.72. The van der Waals surface area contributed by atoms with Crippen LogP contribution in [0.15, 0.2) is 0 Å². The van der Waals surface area contributed by atoms with Crippen molar-refractivity contribution in [1.29, 1.82) is 0 Å². The maximum Gasteiger partial charge on any atom is 0.115 e. The number of aliphatic hydroxyl groups excluding tert-OH is 5. The Bertz CT molecular complexity index is 181. The number of hydrogen-bond donors (Lipinski definition) is 6. The first-order chi connectivity index (χ1) is 6.56. The van der Waals surface area contributed by atoms with E-state index in [-0.39, 0.29) is 0 Å². The molecule has 0 radical (unpaired) electrons. The van der Waals surface area contributed by atoms with Crippen molar-refractivity contribution in [1.82, 2.24) is 5.32 Å². The van der Waals surface area contributed by atoms with Gasteiger partial charge in [0.1, 0.15) is 24.5 Å². The second-order valence-corrected chi connectivity index (χ2v) is 4.34. The number of thioether (sulfide) groups is 1. The molecule has 1 aliphatic heterocycles. The van der Waals surface area contributed by atoms with Gasteiger partial charge < -0.3 is 25.5 Å². The fraction of sp³-hybridized carbons (Fsp3) is 1.00. The quantitative estimate of drug-likeness (QED) is 0.303. The first-order valence-corrected chi connectivity index (χ1v) is 5.32. The summed E-state index contributed by atoms with van der Waals surface area (Å²) in [6, 6.07) is 0. The molecule has 0 unspecified atom stereocenters. The van der Waals surface area contributed by atoms with Gasteiger partial charge in [-0.05, 0) is 0 Å². The van der Waals surface area contributed by atoms with Crippen LogP contribution in [-0.2, 0) is 0 Å². The van der Waals surface area contributed by atoms with E-state index in [4.69, 9.17) is 15.3 Å². The van der Waals surface area contributed by atoms with Crippen LogP contribution in [0.5, 0.6) is 0 Å². The molecule has 1 rings (SSSR count). The van der Waals surface area contributed by atoms with Gasteiger partial charge in [0.2, 0.25) is 0 Å².